The molecule has 0 bridgehead atoms. The first-order valence-electron chi connectivity index (χ1n) is 10.1. The fraction of sp³-hybridized carbons (Fsp3) is 0.333. The molecule has 1 fully saturated rings. The highest BCUT2D eigenvalue weighted by atomic mass is 16.1. The van der Waals surface area contributed by atoms with Crippen molar-refractivity contribution in [1.29, 1.82) is 0 Å². The summed E-state index contributed by atoms with van der Waals surface area (Å²) in [6.07, 6.45) is 9.76. The molecule has 1 amide bonds. The van der Waals surface area contributed by atoms with Crippen LogP contribution in [-0.4, -0.2) is 37.2 Å². The number of hydrogen-bond donors (Lipinski definition) is 3. The molecule has 8 nitrogen and oxygen atoms in total. The zero-order valence-electron chi connectivity index (χ0n) is 16.1. The molecule has 3 aromatic heterocycles. The minimum absolute atomic E-state index is 0.206. The third kappa shape index (κ3) is 3.65. The molecule has 0 radical (unpaired) electrons. The van der Waals surface area contributed by atoms with Crippen LogP contribution in [0.2, 0.25) is 0 Å². The van der Waals surface area contributed by atoms with Gasteiger partial charge in [-0.15, -0.1) is 0 Å². The summed E-state index contributed by atoms with van der Waals surface area (Å²) in [7, 11) is 0. The SMILES string of the molecule is O=C(NCCCn1ccc2cnc(Nc3ccc4[nH]ncc4c3)nc21)C1CCC1. The lowest BCUT2D eigenvalue weighted by Crippen LogP contribution is -2.35. The molecule has 1 saturated carbocycles. The zero-order chi connectivity index (χ0) is 19.6. The first-order valence-corrected chi connectivity index (χ1v) is 10.1. The number of carbonyl (C=O) groups excluding carboxylic acids is 1. The van der Waals surface area contributed by atoms with E-state index >= 15 is 0 Å². The van der Waals surface area contributed by atoms with E-state index in [0.29, 0.717) is 12.5 Å². The van der Waals surface area contributed by atoms with Crippen molar-refractivity contribution in [3.8, 4) is 0 Å². The first kappa shape index (κ1) is 17.7. The third-order valence-corrected chi connectivity index (χ3v) is 5.55. The van der Waals surface area contributed by atoms with E-state index < -0.39 is 0 Å². The van der Waals surface area contributed by atoms with E-state index in [-0.39, 0.29) is 11.8 Å². The number of carbonyl (C=O) groups is 1. The van der Waals surface area contributed by atoms with E-state index in [9.17, 15) is 4.79 Å². The predicted octanol–water partition coefficient (Wildman–Crippen LogP) is 3.36. The first-order chi connectivity index (χ1) is 14.3. The van der Waals surface area contributed by atoms with Crippen molar-refractivity contribution in [2.45, 2.75) is 32.2 Å². The Morgan fingerprint density at radius 3 is 3.00 bits per heavy atom. The quantitative estimate of drug-likeness (QED) is 0.421. The maximum Gasteiger partial charge on any atom is 0.229 e. The number of aryl methyl sites for hydroxylation is 1. The van der Waals surface area contributed by atoms with Crippen molar-refractivity contribution in [3.05, 3.63) is 42.9 Å². The van der Waals surface area contributed by atoms with Crippen molar-refractivity contribution >= 4 is 39.5 Å². The van der Waals surface area contributed by atoms with Gasteiger partial charge in [0.25, 0.3) is 0 Å². The smallest absolute Gasteiger partial charge is 0.229 e. The minimum Gasteiger partial charge on any atom is -0.356 e. The average molecular weight is 389 g/mol. The lowest BCUT2D eigenvalue weighted by molar-refractivity contribution is -0.127. The van der Waals surface area contributed by atoms with Gasteiger partial charge in [0.15, 0.2) is 0 Å². The number of amides is 1. The largest absolute Gasteiger partial charge is 0.356 e. The highest BCUT2D eigenvalue weighted by Crippen LogP contribution is 2.26. The van der Waals surface area contributed by atoms with Crippen LogP contribution in [0.5, 0.6) is 0 Å². The molecule has 1 aliphatic carbocycles. The molecule has 8 heteroatoms. The van der Waals surface area contributed by atoms with E-state index in [2.05, 4.69) is 30.4 Å². The molecule has 0 saturated heterocycles. The molecule has 0 spiro atoms. The van der Waals surface area contributed by atoms with Crippen LogP contribution in [0.3, 0.4) is 0 Å². The Bertz CT molecular complexity index is 1160. The molecule has 0 aliphatic heterocycles. The summed E-state index contributed by atoms with van der Waals surface area (Å²) >= 11 is 0. The normalized spacial score (nSPS) is 14.2. The Morgan fingerprint density at radius 1 is 1.21 bits per heavy atom. The van der Waals surface area contributed by atoms with E-state index in [4.69, 9.17) is 4.98 Å². The molecule has 1 aromatic carbocycles. The lowest BCUT2D eigenvalue weighted by atomic mass is 9.85. The van der Waals surface area contributed by atoms with Crippen LogP contribution in [-0.2, 0) is 11.3 Å². The van der Waals surface area contributed by atoms with Crippen molar-refractivity contribution in [2.24, 2.45) is 5.92 Å². The summed E-state index contributed by atoms with van der Waals surface area (Å²) in [6.45, 7) is 1.49. The summed E-state index contributed by atoms with van der Waals surface area (Å²) in [5, 5.41) is 15.3. The number of hydrogen-bond acceptors (Lipinski definition) is 5. The number of benzene rings is 1. The molecule has 3 heterocycles. The fourth-order valence-corrected chi connectivity index (χ4v) is 3.64. The van der Waals surface area contributed by atoms with Gasteiger partial charge in [0, 0.05) is 47.9 Å². The molecule has 0 unspecified atom stereocenters. The van der Waals surface area contributed by atoms with Gasteiger partial charge in [-0.3, -0.25) is 9.89 Å². The van der Waals surface area contributed by atoms with Crippen LogP contribution < -0.4 is 10.6 Å². The molecule has 5 rings (SSSR count). The second kappa shape index (κ2) is 7.54. The molecule has 148 valence electrons. The summed E-state index contributed by atoms with van der Waals surface area (Å²) < 4.78 is 2.11. The van der Waals surface area contributed by atoms with Gasteiger partial charge in [-0.2, -0.15) is 10.1 Å². The number of H-pyrrole nitrogens is 1. The van der Waals surface area contributed by atoms with E-state index in [1.54, 1.807) is 6.20 Å². The van der Waals surface area contributed by atoms with Crippen LogP contribution in [0.4, 0.5) is 11.6 Å². The van der Waals surface area contributed by atoms with E-state index in [1.807, 2.05) is 36.7 Å². The highest BCUT2D eigenvalue weighted by Gasteiger charge is 2.24. The standard InChI is InChI=1S/C21H23N7O/c29-20(14-3-1-4-14)22-8-2-9-28-10-7-15-12-23-21(26-19(15)28)25-17-5-6-18-16(11-17)13-24-27-18/h5-7,10-14H,1-4,8-9H2,(H,22,29)(H,24,27)(H,23,25,26). The highest BCUT2D eigenvalue weighted by molar-refractivity contribution is 5.83. The van der Waals surface area contributed by atoms with Crippen LogP contribution in [0.15, 0.2) is 42.9 Å². The zero-order valence-corrected chi connectivity index (χ0v) is 16.1. The number of aromatic nitrogens is 5. The van der Waals surface area contributed by atoms with E-state index in [0.717, 1.165) is 53.4 Å². The lowest BCUT2D eigenvalue weighted by Gasteiger charge is -2.24. The van der Waals surface area contributed by atoms with Crippen molar-refractivity contribution in [3.63, 3.8) is 0 Å². The second-order valence-corrected chi connectivity index (χ2v) is 7.55. The number of rotatable bonds is 7. The summed E-state index contributed by atoms with van der Waals surface area (Å²) in [5.74, 6) is 1.00. The summed E-state index contributed by atoms with van der Waals surface area (Å²) in [4.78, 5) is 21.0. The predicted molar refractivity (Wildman–Crippen MR) is 112 cm³/mol. The monoisotopic (exact) mass is 389 g/mol. The molecule has 3 N–H and O–H groups in total. The van der Waals surface area contributed by atoms with E-state index in [1.165, 1.54) is 6.42 Å². The molecule has 1 aliphatic rings. The Kier molecular flexibility index (Phi) is 4.59. The number of nitrogens with one attached hydrogen (secondary N) is 3. The Labute approximate surface area is 167 Å². The van der Waals surface area contributed by atoms with Crippen molar-refractivity contribution in [2.75, 3.05) is 11.9 Å². The molecule has 0 atom stereocenters. The number of aromatic amines is 1. The number of fused-ring (bicyclic) bond motifs is 2. The molecular weight excluding hydrogens is 366 g/mol. The Balaban J connectivity index is 1.25. The summed E-state index contributed by atoms with van der Waals surface area (Å²) in [5.41, 5.74) is 2.79. The van der Waals surface area contributed by atoms with Crippen LogP contribution in [0.1, 0.15) is 25.7 Å². The van der Waals surface area contributed by atoms with Gasteiger partial charge >= 0.3 is 0 Å². The Morgan fingerprint density at radius 2 is 2.14 bits per heavy atom. The molecule has 29 heavy (non-hydrogen) atoms. The van der Waals surface area contributed by atoms with Gasteiger partial charge in [0.1, 0.15) is 5.65 Å². The van der Waals surface area contributed by atoms with Gasteiger partial charge in [-0.25, -0.2) is 4.98 Å². The van der Waals surface area contributed by atoms with Crippen LogP contribution in [0.25, 0.3) is 21.9 Å². The number of anilines is 2. The third-order valence-electron chi connectivity index (χ3n) is 5.55. The fourth-order valence-electron chi connectivity index (χ4n) is 3.64. The van der Waals surface area contributed by atoms with Gasteiger partial charge in [-0.1, -0.05) is 6.42 Å². The minimum atomic E-state index is 0.206. The van der Waals surface area contributed by atoms with Gasteiger partial charge in [-0.05, 0) is 43.5 Å². The maximum absolute atomic E-state index is 11.9. The second-order valence-electron chi connectivity index (χ2n) is 7.55. The molecular formula is C21H23N7O. The molecule has 4 aromatic rings. The maximum atomic E-state index is 11.9. The Hall–Kier alpha value is -3.42. The summed E-state index contributed by atoms with van der Waals surface area (Å²) in [6, 6.07) is 7.97. The van der Waals surface area contributed by atoms with Crippen molar-refractivity contribution < 1.29 is 4.79 Å². The van der Waals surface area contributed by atoms with Crippen molar-refractivity contribution in [1.82, 2.24) is 30.0 Å². The van der Waals surface area contributed by atoms with Gasteiger partial charge < -0.3 is 15.2 Å². The topological polar surface area (TPSA) is 101 Å². The average Bonchev–Trinajstić information content (AvgIpc) is 3.30. The van der Waals surface area contributed by atoms with Crippen LogP contribution in [0, 0.1) is 5.92 Å². The van der Waals surface area contributed by atoms with Gasteiger partial charge in [0.2, 0.25) is 11.9 Å². The van der Waals surface area contributed by atoms with Crippen LogP contribution >= 0.6 is 0 Å². The number of nitrogens with zero attached hydrogens (tertiary/aromatic N) is 4. The van der Waals surface area contributed by atoms with Gasteiger partial charge in [0.05, 0.1) is 11.7 Å².